The second-order valence-corrected chi connectivity index (χ2v) is 3.96. The zero-order chi connectivity index (χ0) is 12.4. The van der Waals surface area contributed by atoms with Crippen LogP contribution in [0.2, 0.25) is 0 Å². The fraction of sp³-hybridized carbons (Fsp3) is 0.273. The Morgan fingerprint density at radius 3 is 3.06 bits per heavy atom. The number of nitrogens with zero attached hydrogens (tertiary/aromatic N) is 2. The SMILES string of the molecule is CCOc1ccc2nn(C(S)C(=O)O)cc2c1. The van der Waals surface area contributed by atoms with Crippen LogP contribution in [-0.2, 0) is 4.79 Å². The van der Waals surface area contributed by atoms with E-state index in [1.54, 1.807) is 18.3 Å². The second kappa shape index (κ2) is 4.67. The zero-order valence-corrected chi connectivity index (χ0v) is 10.1. The molecule has 0 saturated heterocycles. The fourth-order valence-corrected chi connectivity index (χ4v) is 1.64. The topological polar surface area (TPSA) is 64.4 Å². The lowest BCUT2D eigenvalue weighted by Gasteiger charge is -2.03. The molecule has 1 heterocycles. The molecule has 2 aromatic rings. The van der Waals surface area contributed by atoms with E-state index in [0.717, 1.165) is 11.1 Å². The number of hydrogen-bond donors (Lipinski definition) is 2. The average molecular weight is 252 g/mol. The van der Waals surface area contributed by atoms with E-state index in [0.29, 0.717) is 12.1 Å². The molecule has 1 aromatic carbocycles. The summed E-state index contributed by atoms with van der Waals surface area (Å²) in [6.07, 6.45) is 1.64. The zero-order valence-electron chi connectivity index (χ0n) is 9.20. The van der Waals surface area contributed by atoms with Gasteiger partial charge in [0.05, 0.1) is 12.1 Å². The molecule has 0 amide bonds. The highest BCUT2D eigenvalue weighted by Crippen LogP contribution is 2.22. The van der Waals surface area contributed by atoms with Gasteiger partial charge in [0.2, 0.25) is 0 Å². The molecule has 1 unspecified atom stereocenters. The van der Waals surface area contributed by atoms with Crippen molar-refractivity contribution < 1.29 is 14.6 Å². The highest BCUT2D eigenvalue weighted by Gasteiger charge is 2.15. The minimum atomic E-state index is -1.04. The Morgan fingerprint density at radius 2 is 2.41 bits per heavy atom. The predicted octanol–water partition coefficient (Wildman–Crippen LogP) is 1.95. The highest BCUT2D eigenvalue weighted by molar-refractivity contribution is 7.81. The Morgan fingerprint density at radius 1 is 1.65 bits per heavy atom. The molecule has 0 fully saturated rings. The molecule has 90 valence electrons. The number of ether oxygens (including phenoxy) is 1. The number of carboxylic acids is 1. The molecule has 5 nitrogen and oxygen atoms in total. The first-order chi connectivity index (χ1) is 8.11. The maximum atomic E-state index is 10.8. The van der Waals surface area contributed by atoms with Crippen LogP contribution in [0.5, 0.6) is 5.75 Å². The molecule has 1 N–H and O–H groups in total. The van der Waals surface area contributed by atoms with Gasteiger partial charge in [-0.1, -0.05) is 0 Å². The summed E-state index contributed by atoms with van der Waals surface area (Å²) in [5.41, 5.74) is 0.716. The van der Waals surface area contributed by atoms with Gasteiger partial charge in [0.1, 0.15) is 5.75 Å². The molecule has 2 rings (SSSR count). The van der Waals surface area contributed by atoms with Crippen molar-refractivity contribution in [3.8, 4) is 5.75 Å². The smallest absolute Gasteiger partial charge is 0.338 e. The lowest BCUT2D eigenvalue weighted by Crippen LogP contribution is -2.13. The third kappa shape index (κ3) is 2.36. The quantitative estimate of drug-likeness (QED) is 0.816. The summed E-state index contributed by atoms with van der Waals surface area (Å²) in [7, 11) is 0. The van der Waals surface area contributed by atoms with E-state index in [1.807, 2.05) is 13.0 Å². The van der Waals surface area contributed by atoms with Crippen LogP contribution in [0.4, 0.5) is 0 Å². The summed E-state index contributed by atoms with van der Waals surface area (Å²) in [6.45, 7) is 2.49. The van der Waals surface area contributed by atoms with Gasteiger partial charge in [-0.05, 0) is 25.1 Å². The van der Waals surface area contributed by atoms with Crippen molar-refractivity contribution >= 4 is 29.5 Å². The van der Waals surface area contributed by atoms with Gasteiger partial charge in [-0.2, -0.15) is 5.10 Å². The molecule has 17 heavy (non-hydrogen) atoms. The third-order valence-electron chi connectivity index (χ3n) is 2.28. The number of rotatable bonds is 4. The molecule has 0 radical (unpaired) electrons. The molecule has 0 bridgehead atoms. The van der Waals surface area contributed by atoms with Gasteiger partial charge in [0.25, 0.3) is 0 Å². The van der Waals surface area contributed by atoms with Crippen LogP contribution >= 0.6 is 12.6 Å². The Kier molecular flexibility index (Phi) is 3.23. The van der Waals surface area contributed by atoms with Gasteiger partial charge in [-0.15, -0.1) is 12.6 Å². The first-order valence-corrected chi connectivity index (χ1v) is 5.66. The Balaban J connectivity index is 2.40. The second-order valence-electron chi connectivity index (χ2n) is 3.47. The number of carbonyl (C=O) groups is 1. The summed E-state index contributed by atoms with van der Waals surface area (Å²) in [6, 6.07) is 5.42. The van der Waals surface area contributed by atoms with Crippen molar-refractivity contribution in [2.75, 3.05) is 6.61 Å². The molecule has 1 aromatic heterocycles. The average Bonchev–Trinajstić information content (AvgIpc) is 2.71. The number of hydrogen-bond acceptors (Lipinski definition) is 4. The molecule has 0 aliphatic rings. The molecule has 6 heteroatoms. The normalized spacial score (nSPS) is 12.6. The monoisotopic (exact) mass is 252 g/mol. The fourth-order valence-electron chi connectivity index (χ4n) is 1.52. The molecule has 0 saturated carbocycles. The standard InChI is InChI=1S/C11H12N2O3S/c1-2-16-8-3-4-9-7(5-8)6-13(12-9)10(17)11(14)15/h3-6,10,17H,2H2,1H3,(H,14,15). The van der Waals surface area contributed by atoms with Crippen molar-refractivity contribution in [2.45, 2.75) is 12.3 Å². The molecular formula is C11H12N2O3S. The van der Waals surface area contributed by atoms with E-state index in [2.05, 4.69) is 17.7 Å². The van der Waals surface area contributed by atoms with Crippen LogP contribution in [0, 0.1) is 0 Å². The Bertz CT molecular complexity index is 553. The van der Waals surface area contributed by atoms with Gasteiger partial charge >= 0.3 is 5.97 Å². The van der Waals surface area contributed by atoms with Gasteiger partial charge in [0.15, 0.2) is 5.37 Å². The molecule has 1 atom stereocenters. The summed E-state index contributed by atoms with van der Waals surface area (Å²) in [4.78, 5) is 10.8. The van der Waals surface area contributed by atoms with Crippen molar-refractivity contribution in [2.24, 2.45) is 0 Å². The van der Waals surface area contributed by atoms with E-state index in [4.69, 9.17) is 9.84 Å². The minimum Gasteiger partial charge on any atom is -0.494 e. The largest absolute Gasteiger partial charge is 0.494 e. The van der Waals surface area contributed by atoms with Crippen LogP contribution < -0.4 is 4.74 Å². The highest BCUT2D eigenvalue weighted by atomic mass is 32.1. The van der Waals surface area contributed by atoms with Crippen molar-refractivity contribution in [3.63, 3.8) is 0 Å². The van der Waals surface area contributed by atoms with Gasteiger partial charge in [-0.25, -0.2) is 9.48 Å². The number of fused-ring (bicyclic) bond motifs is 1. The summed E-state index contributed by atoms with van der Waals surface area (Å²) >= 11 is 3.96. The molecule has 0 aliphatic heterocycles. The van der Waals surface area contributed by atoms with E-state index < -0.39 is 11.3 Å². The minimum absolute atomic E-state index is 0.587. The Hall–Kier alpha value is -1.69. The van der Waals surface area contributed by atoms with Crippen molar-refractivity contribution in [1.29, 1.82) is 0 Å². The summed E-state index contributed by atoms with van der Waals surface area (Å²) in [5, 5.41) is 12.8. The number of benzene rings is 1. The maximum absolute atomic E-state index is 10.8. The van der Waals surface area contributed by atoms with E-state index >= 15 is 0 Å². The first kappa shape index (κ1) is 11.8. The predicted molar refractivity (Wildman–Crippen MR) is 66.6 cm³/mol. The van der Waals surface area contributed by atoms with E-state index in [1.165, 1.54) is 4.68 Å². The van der Waals surface area contributed by atoms with Crippen LogP contribution in [-0.4, -0.2) is 27.5 Å². The molecular weight excluding hydrogens is 240 g/mol. The van der Waals surface area contributed by atoms with Crippen molar-refractivity contribution in [1.82, 2.24) is 9.78 Å². The number of carboxylic acid groups (broad SMARTS) is 1. The summed E-state index contributed by atoms with van der Waals surface area (Å²) < 4.78 is 6.67. The van der Waals surface area contributed by atoms with Crippen LogP contribution in [0.25, 0.3) is 10.9 Å². The Labute approximate surface area is 103 Å². The van der Waals surface area contributed by atoms with Gasteiger partial charge in [-0.3, -0.25) is 0 Å². The van der Waals surface area contributed by atoms with Gasteiger partial charge in [0, 0.05) is 11.6 Å². The maximum Gasteiger partial charge on any atom is 0.338 e. The third-order valence-corrected chi connectivity index (χ3v) is 2.73. The lowest BCUT2D eigenvalue weighted by molar-refractivity contribution is -0.138. The first-order valence-electron chi connectivity index (χ1n) is 5.14. The van der Waals surface area contributed by atoms with Crippen LogP contribution in [0.15, 0.2) is 24.4 Å². The van der Waals surface area contributed by atoms with E-state index in [-0.39, 0.29) is 0 Å². The molecule has 0 spiro atoms. The van der Waals surface area contributed by atoms with Crippen molar-refractivity contribution in [3.05, 3.63) is 24.4 Å². The van der Waals surface area contributed by atoms with Crippen LogP contribution in [0.1, 0.15) is 12.3 Å². The lowest BCUT2D eigenvalue weighted by atomic mass is 10.2. The number of aliphatic carboxylic acids is 1. The molecule has 0 aliphatic carbocycles. The van der Waals surface area contributed by atoms with Crippen LogP contribution in [0.3, 0.4) is 0 Å². The van der Waals surface area contributed by atoms with Gasteiger partial charge < -0.3 is 9.84 Å². The number of thiol groups is 1. The summed E-state index contributed by atoms with van der Waals surface area (Å²) in [5.74, 6) is -0.295. The van der Waals surface area contributed by atoms with E-state index in [9.17, 15) is 4.79 Å². The number of aromatic nitrogens is 2.